The molecule has 0 bridgehead atoms. The number of esters is 1. The van der Waals surface area contributed by atoms with Crippen molar-refractivity contribution in [3.63, 3.8) is 0 Å². The van der Waals surface area contributed by atoms with Crippen LogP contribution in [0.3, 0.4) is 0 Å². The third-order valence-corrected chi connectivity index (χ3v) is 7.06. The molecule has 1 N–H and O–H groups in total. The van der Waals surface area contributed by atoms with Crippen molar-refractivity contribution in [2.24, 2.45) is 0 Å². The number of rotatable bonds is 6. The molecule has 1 heterocycles. The van der Waals surface area contributed by atoms with Crippen LogP contribution in [0, 0.1) is 29.1 Å². The lowest BCUT2D eigenvalue weighted by Gasteiger charge is -2.40. The number of aliphatic carboxylic acids is 1. The van der Waals surface area contributed by atoms with Crippen LogP contribution in [-0.4, -0.2) is 42.2 Å². The van der Waals surface area contributed by atoms with Crippen molar-refractivity contribution in [3.05, 3.63) is 93.3 Å². The van der Waals surface area contributed by atoms with Gasteiger partial charge in [-0.2, -0.15) is 0 Å². The Morgan fingerprint density at radius 3 is 2.00 bits per heavy atom. The van der Waals surface area contributed by atoms with E-state index in [-0.39, 0.29) is 22.0 Å². The summed E-state index contributed by atoms with van der Waals surface area (Å²) in [5.41, 5.74) is -5.04. The van der Waals surface area contributed by atoms with Crippen LogP contribution in [0.4, 0.5) is 27.6 Å². The molecular weight excluding hydrogens is 565 g/mol. The molecular formula is C27H19ClF5NO6. The van der Waals surface area contributed by atoms with Crippen molar-refractivity contribution in [3.8, 4) is 5.75 Å². The van der Waals surface area contributed by atoms with Crippen molar-refractivity contribution in [2.45, 2.75) is 31.4 Å². The van der Waals surface area contributed by atoms with Crippen LogP contribution in [0.5, 0.6) is 5.75 Å². The molecule has 40 heavy (non-hydrogen) atoms. The van der Waals surface area contributed by atoms with Gasteiger partial charge in [0.15, 0.2) is 23.3 Å². The Bertz CT molecular complexity index is 1520. The van der Waals surface area contributed by atoms with Crippen LogP contribution < -0.4 is 9.64 Å². The first-order valence-electron chi connectivity index (χ1n) is 11.5. The standard InChI is InChI=1S/C27H19ClF5NO6/c1-11-27(24(26(37)38)40-12(2)35,18-19(29)21(31)23(33)22(32)20(18)30)16-10-15(39-3)8-9-17(16)34(11)25(36)13-4-6-14(28)7-5-13/h4-11,24H,1-3H3,(H,37,38). The first-order valence-corrected chi connectivity index (χ1v) is 11.9. The van der Waals surface area contributed by atoms with Crippen LogP contribution in [0.25, 0.3) is 0 Å². The number of ether oxygens (including phenoxy) is 2. The Morgan fingerprint density at radius 2 is 1.50 bits per heavy atom. The highest BCUT2D eigenvalue weighted by atomic mass is 35.5. The van der Waals surface area contributed by atoms with E-state index in [0.717, 1.165) is 24.8 Å². The quantitative estimate of drug-likeness (QED) is 0.181. The first kappa shape index (κ1) is 28.8. The van der Waals surface area contributed by atoms with Crippen LogP contribution >= 0.6 is 11.6 Å². The van der Waals surface area contributed by atoms with E-state index in [0.29, 0.717) is 0 Å². The highest BCUT2D eigenvalue weighted by Crippen LogP contribution is 2.55. The molecule has 1 aliphatic heterocycles. The number of anilines is 1. The van der Waals surface area contributed by atoms with Gasteiger partial charge in [-0.3, -0.25) is 9.59 Å². The molecule has 3 aromatic carbocycles. The molecule has 3 atom stereocenters. The second-order valence-corrected chi connectivity index (χ2v) is 9.32. The number of halogens is 6. The molecule has 0 radical (unpaired) electrons. The van der Waals surface area contributed by atoms with Gasteiger partial charge in [-0.1, -0.05) is 11.6 Å². The Hall–Kier alpha value is -4.19. The minimum absolute atomic E-state index is 0.00871. The Morgan fingerprint density at radius 1 is 0.950 bits per heavy atom. The van der Waals surface area contributed by atoms with E-state index in [2.05, 4.69) is 0 Å². The lowest BCUT2D eigenvalue weighted by atomic mass is 9.66. The molecule has 210 valence electrons. The normalized spacial score (nSPS) is 18.7. The van der Waals surface area contributed by atoms with E-state index >= 15 is 8.78 Å². The summed E-state index contributed by atoms with van der Waals surface area (Å²) < 4.78 is 84.8. The molecule has 13 heteroatoms. The van der Waals surface area contributed by atoms with Gasteiger partial charge >= 0.3 is 11.9 Å². The Kier molecular flexibility index (Phi) is 7.50. The highest BCUT2D eigenvalue weighted by Gasteiger charge is 2.63. The molecule has 1 amide bonds. The largest absolute Gasteiger partial charge is 0.497 e. The van der Waals surface area contributed by atoms with Crippen molar-refractivity contribution in [1.29, 1.82) is 0 Å². The van der Waals surface area contributed by atoms with Crippen LogP contribution in [0.15, 0.2) is 42.5 Å². The second kappa shape index (κ2) is 10.4. The molecule has 3 unspecified atom stereocenters. The topological polar surface area (TPSA) is 93.1 Å². The highest BCUT2D eigenvalue weighted by molar-refractivity contribution is 6.30. The number of hydrogen-bond acceptors (Lipinski definition) is 5. The number of carbonyl (C=O) groups is 3. The second-order valence-electron chi connectivity index (χ2n) is 8.88. The first-order chi connectivity index (χ1) is 18.8. The minimum Gasteiger partial charge on any atom is -0.497 e. The van der Waals surface area contributed by atoms with Crippen molar-refractivity contribution in [2.75, 3.05) is 12.0 Å². The van der Waals surface area contributed by atoms with Crippen molar-refractivity contribution in [1.82, 2.24) is 0 Å². The fourth-order valence-corrected chi connectivity index (χ4v) is 5.27. The SMILES string of the molecule is COc1ccc2c(c1)C(c1c(F)c(F)c(F)c(F)c1F)(C(OC(C)=O)C(=O)O)C(C)N2C(=O)c1ccc(Cl)cc1. The number of methoxy groups -OCH3 is 1. The predicted octanol–water partition coefficient (Wildman–Crippen LogP) is 5.40. The fourth-order valence-electron chi connectivity index (χ4n) is 5.14. The van der Waals surface area contributed by atoms with E-state index in [1.165, 1.54) is 43.5 Å². The van der Waals surface area contributed by atoms with Gasteiger partial charge in [0.05, 0.1) is 18.6 Å². The summed E-state index contributed by atoms with van der Waals surface area (Å²) in [5, 5.41) is 10.5. The van der Waals surface area contributed by atoms with E-state index in [9.17, 15) is 32.7 Å². The Balaban J connectivity index is 2.19. The summed E-state index contributed by atoms with van der Waals surface area (Å²) in [4.78, 5) is 39.4. The molecule has 7 nitrogen and oxygen atoms in total. The van der Waals surface area contributed by atoms with Gasteiger partial charge in [0.25, 0.3) is 5.91 Å². The van der Waals surface area contributed by atoms with Gasteiger partial charge < -0.3 is 19.5 Å². The number of carboxylic acid groups (broad SMARTS) is 1. The lowest BCUT2D eigenvalue weighted by molar-refractivity contribution is -0.167. The van der Waals surface area contributed by atoms with E-state index in [1.807, 2.05) is 0 Å². The van der Waals surface area contributed by atoms with Crippen LogP contribution in [0.1, 0.15) is 35.3 Å². The zero-order chi connectivity index (χ0) is 29.7. The lowest BCUT2D eigenvalue weighted by Crippen LogP contribution is -2.57. The summed E-state index contributed by atoms with van der Waals surface area (Å²) in [6.45, 7) is 1.93. The zero-order valence-corrected chi connectivity index (χ0v) is 21.7. The number of nitrogens with zero attached hydrogens (tertiary/aromatic N) is 1. The molecule has 0 aliphatic carbocycles. The number of fused-ring (bicyclic) bond motifs is 1. The van der Waals surface area contributed by atoms with Gasteiger partial charge in [-0.05, 0) is 55.0 Å². The van der Waals surface area contributed by atoms with Gasteiger partial charge in [-0.25, -0.2) is 26.7 Å². The zero-order valence-electron chi connectivity index (χ0n) is 20.9. The maximum Gasteiger partial charge on any atom is 0.346 e. The van der Waals surface area contributed by atoms with Gasteiger partial charge in [0.1, 0.15) is 5.75 Å². The monoisotopic (exact) mass is 583 g/mol. The van der Waals surface area contributed by atoms with E-state index < -0.39 is 75.6 Å². The number of carboxylic acids is 1. The summed E-state index contributed by atoms with van der Waals surface area (Å²) in [7, 11) is 1.21. The number of benzene rings is 3. The third-order valence-electron chi connectivity index (χ3n) is 6.81. The van der Waals surface area contributed by atoms with Crippen LogP contribution in [0.2, 0.25) is 5.02 Å². The third kappa shape index (κ3) is 4.23. The number of amides is 1. The smallest absolute Gasteiger partial charge is 0.346 e. The van der Waals surface area contributed by atoms with Crippen LogP contribution in [-0.2, 0) is 19.7 Å². The maximum atomic E-state index is 15.6. The summed E-state index contributed by atoms with van der Waals surface area (Å²) in [6, 6.07) is 7.34. The molecule has 0 spiro atoms. The number of hydrogen-bond donors (Lipinski definition) is 1. The summed E-state index contributed by atoms with van der Waals surface area (Å²) >= 11 is 5.91. The molecule has 0 aromatic heterocycles. The van der Waals surface area contributed by atoms with Crippen molar-refractivity contribution < 1.29 is 50.9 Å². The number of carbonyl (C=O) groups excluding carboxylic acids is 2. The summed E-state index contributed by atoms with van der Waals surface area (Å²) in [6.07, 6.45) is -2.58. The van der Waals surface area contributed by atoms with Gasteiger partial charge in [-0.15, -0.1) is 0 Å². The Labute approximate surface area is 228 Å². The van der Waals surface area contributed by atoms with Gasteiger partial charge in [0.2, 0.25) is 11.9 Å². The maximum absolute atomic E-state index is 15.6. The molecule has 3 aromatic rings. The molecule has 0 saturated heterocycles. The molecule has 0 saturated carbocycles. The molecule has 1 aliphatic rings. The average molecular weight is 584 g/mol. The van der Waals surface area contributed by atoms with Crippen molar-refractivity contribution >= 4 is 35.1 Å². The summed E-state index contributed by atoms with van der Waals surface area (Å²) in [5.74, 6) is -16.0. The minimum atomic E-state index is -2.87. The average Bonchev–Trinajstić information content (AvgIpc) is 3.17. The molecule has 4 rings (SSSR count). The van der Waals surface area contributed by atoms with E-state index in [1.54, 1.807) is 0 Å². The predicted molar refractivity (Wildman–Crippen MR) is 131 cm³/mol. The molecule has 0 fully saturated rings. The van der Waals surface area contributed by atoms with E-state index in [4.69, 9.17) is 21.1 Å². The fraction of sp³-hybridized carbons (Fsp3) is 0.222. The van der Waals surface area contributed by atoms with Gasteiger partial charge in [0, 0.05) is 28.8 Å².